The maximum atomic E-state index is 5.71. The largest absolute Gasteiger partial charge is 0.371 e. The number of ether oxygens (including phenoxy) is 1. The second-order valence-corrected chi connectivity index (χ2v) is 5.19. The molecule has 2 atom stereocenters. The Morgan fingerprint density at radius 2 is 2.53 bits per heavy atom. The van der Waals surface area contributed by atoms with E-state index in [1.807, 2.05) is 6.20 Å². The molecule has 2 rings (SSSR count). The molecule has 2 unspecified atom stereocenters. The minimum absolute atomic E-state index is 0.238. The van der Waals surface area contributed by atoms with Gasteiger partial charge in [-0.3, -0.25) is 0 Å². The van der Waals surface area contributed by atoms with E-state index in [0.717, 1.165) is 18.0 Å². The summed E-state index contributed by atoms with van der Waals surface area (Å²) in [6.45, 7) is 3.71. The van der Waals surface area contributed by atoms with Gasteiger partial charge in [-0.05, 0) is 25.8 Å². The van der Waals surface area contributed by atoms with Crippen molar-refractivity contribution in [2.75, 3.05) is 13.2 Å². The van der Waals surface area contributed by atoms with Gasteiger partial charge in [0.25, 0.3) is 0 Å². The zero-order valence-electron chi connectivity index (χ0n) is 9.11. The molecule has 1 saturated heterocycles. The maximum Gasteiger partial charge on any atom is 0.122 e. The quantitative estimate of drug-likeness (QED) is 0.861. The molecule has 4 heteroatoms. The molecule has 1 aliphatic heterocycles. The molecule has 2 N–H and O–H groups in total. The van der Waals surface area contributed by atoms with E-state index in [2.05, 4.69) is 11.9 Å². The van der Waals surface area contributed by atoms with Crippen LogP contribution in [0, 0.1) is 0 Å². The third-order valence-corrected chi connectivity index (χ3v) is 4.16. The van der Waals surface area contributed by atoms with Crippen molar-refractivity contribution in [3.8, 4) is 0 Å². The number of rotatable bonds is 3. The van der Waals surface area contributed by atoms with E-state index >= 15 is 0 Å². The number of hydrogen-bond acceptors (Lipinski definition) is 4. The van der Waals surface area contributed by atoms with Crippen molar-refractivity contribution < 1.29 is 4.74 Å². The molecular weight excluding hydrogens is 208 g/mol. The van der Waals surface area contributed by atoms with Crippen molar-refractivity contribution in [3.63, 3.8) is 0 Å². The Labute approximate surface area is 94.7 Å². The summed E-state index contributed by atoms with van der Waals surface area (Å²) < 4.78 is 5.71. The Kier molecular flexibility index (Phi) is 3.72. The van der Waals surface area contributed by atoms with E-state index in [4.69, 9.17) is 10.5 Å². The number of aromatic nitrogens is 1. The predicted molar refractivity (Wildman–Crippen MR) is 62.1 cm³/mol. The summed E-state index contributed by atoms with van der Waals surface area (Å²) in [4.78, 5) is 5.73. The zero-order chi connectivity index (χ0) is 10.7. The number of hydrogen-bond donors (Lipinski definition) is 1. The highest BCUT2D eigenvalue weighted by molar-refractivity contribution is 7.11. The lowest BCUT2D eigenvalue weighted by molar-refractivity contribution is 0.0148. The van der Waals surface area contributed by atoms with E-state index in [0.29, 0.717) is 12.5 Å². The molecule has 1 aliphatic rings. The van der Waals surface area contributed by atoms with Gasteiger partial charge in [-0.1, -0.05) is 6.92 Å². The van der Waals surface area contributed by atoms with E-state index in [9.17, 15) is 0 Å². The molecule has 1 aromatic heterocycles. The van der Waals surface area contributed by atoms with Crippen molar-refractivity contribution in [1.29, 1.82) is 0 Å². The summed E-state index contributed by atoms with van der Waals surface area (Å²) >= 11 is 1.76. The van der Waals surface area contributed by atoms with Gasteiger partial charge in [-0.25, -0.2) is 4.98 Å². The topological polar surface area (TPSA) is 48.1 Å². The fourth-order valence-electron chi connectivity index (χ4n) is 1.73. The fraction of sp³-hybridized carbons (Fsp3) is 0.727. The molecule has 1 fully saturated rings. The van der Waals surface area contributed by atoms with E-state index in [1.165, 1.54) is 17.7 Å². The summed E-state index contributed by atoms with van der Waals surface area (Å²) in [5, 5.41) is 1.13. The van der Waals surface area contributed by atoms with E-state index < -0.39 is 0 Å². The smallest absolute Gasteiger partial charge is 0.122 e. The van der Waals surface area contributed by atoms with Crippen LogP contribution in [0.25, 0.3) is 0 Å². The van der Waals surface area contributed by atoms with Crippen molar-refractivity contribution in [3.05, 3.63) is 16.1 Å². The lowest BCUT2D eigenvalue weighted by Crippen LogP contribution is -2.10. The maximum absolute atomic E-state index is 5.71. The van der Waals surface area contributed by atoms with Gasteiger partial charge in [0.15, 0.2) is 0 Å². The van der Waals surface area contributed by atoms with Crippen LogP contribution in [-0.2, 0) is 4.74 Å². The van der Waals surface area contributed by atoms with Crippen LogP contribution in [0.2, 0.25) is 0 Å². The zero-order valence-corrected chi connectivity index (χ0v) is 9.93. The molecule has 15 heavy (non-hydrogen) atoms. The standard InChI is InChI=1S/C11H18N2OS/c1-8(6-12)10-7-13-11(15-10)9-4-2-3-5-14-9/h7-9H,2-6,12H2,1H3. The average molecular weight is 226 g/mol. The molecule has 1 aromatic rings. The predicted octanol–water partition coefficient (Wildman–Crippen LogP) is 2.45. The third-order valence-electron chi connectivity index (χ3n) is 2.84. The first-order valence-electron chi connectivity index (χ1n) is 5.58. The van der Waals surface area contributed by atoms with Crippen LogP contribution < -0.4 is 5.73 Å². The number of nitrogens with two attached hydrogens (primary N) is 1. The number of nitrogens with zero attached hydrogens (tertiary/aromatic N) is 1. The molecular formula is C11H18N2OS. The Morgan fingerprint density at radius 3 is 3.20 bits per heavy atom. The Morgan fingerprint density at radius 1 is 1.67 bits per heavy atom. The summed E-state index contributed by atoms with van der Waals surface area (Å²) in [5.41, 5.74) is 5.64. The molecule has 0 aliphatic carbocycles. The molecule has 84 valence electrons. The lowest BCUT2D eigenvalue weighted by atomic mass is 10.1. The molecule has 0 saturated carbocycles. The van der Waals surface area contributed by atoms with Crippen molar-refractivity contribution >= 4 is 11.3 Å². The summed E-state index contributed by atoms with van der Waals surface area (Å²) in [6, 6.07) is 0. The van der Waals surface area contributed by atoms with Crippen LogP contribution >= 0.6 is 11.3 Å². The fourth-order valence-corrected chi connectivity index (χ4v) is 2.80. The van der Waals surface area contributed by atoms with Crippen molar-refractivity contribution in [2.24, 2.45) is 5.73 Å². The molecule has 3 nitrogen and oxygen atoms in total. The minimum atomic E-state index is 0.238. The highest BCUT2D eigenvalue weighted by Crippen LogP contribution is 2.32. The summed E-state index contributed by atoms with van der Waals surface area (Å²) in [6.07, 6.45) is 5.75. The van der Waals surface area contributed by atoms with Gasteiger partial charge in [-0.15, -0.1) is 11.3 Å². The average Bonchev–Trinajstić information content (AvgIpc) is 2.78. The van der Waals surface area contributed by atoms with Crippen LogP contribution in [0.1, 0.15) is 48.1 Å². The van der Waals surface area contributed by atoms with Gasteiger partial charge in [0.2, 0.25) is 0 Å². The normalized spacial score (nSPS) is 24.0. The highest BCUT2D eigenvalue weighted by atomic mass is 32.1. The van der Waals surface area contributed by atoms with Crippen LogP contribution in [0.4, 0.5) is 0 Å². The molecule has 0 amide bonds. The van der Waals surface area contributed by atoms with E-state index in [1.54, 1.807) is 11.3 Å². The minimum Gasteiger partial charge on any atom is -0.371 e. The molecule has 0 bridgehead atoms. The van der Waals surface area contributed by atoms with Crippen LogP contribution in [-0.4, -0.2) is 18.1 Å². The van der Waals surface area contributed by atoms with Gasteiger partial charge < -0.3 is 10.5 Å². The SMILES string of the molecule is CC(CN)c1cnc(C2CCCCO2)s1. The van der Waals surface area contributed by atoms with Gasteiger partial charge in [0, 0.05) is 23.6 Å². The summed E-state index contributed by atoms with van der Waals surface area (Å²) in [5.74, 6) is 0.417. The van der Waals surface area contributed by atoms with Crippen molar-refractivity contribution in [1.82, 2.24) is 4.98 Å². The molecule has 0 spiro atoms. The van der Waals surface area contributed by atoms with E-state index in [-0.39, 0.29) is 6.10 Å². The van der Waals surface area contributed by atoms with Crippen LogP contribution in [0.3, 0.4) is 0 Å². The van der Waals surface area contributed by atoms with Gasteiger partial charge >= 0.3 is 0 Å². The van der Waals surface area contributed by atoms with Crippen molar-refractivity contribution in [2.45, 2.75) is 38.2 Å². The highest BCUT2D eigenvalue weighted by Gasteiger charge is 2.20. The van der Waals surface area contributed by atoms with Gasteiger partial charge in [0.05, 0.1) is 0 Å². The van der Waals surface area contributed by atoms with Crippen LogP contribution in [0.15, 0.2) is 6.20 Å². The number of thiazole rings is 1. The van der Waals surface area contributed by atoms with Crippen LogP contribution in [0.5, 0.6) is 0 Å². The third kappa shape index (κ3) is 2.56. The Hall–Kier alpha value is -0.450. The monoisotopic (exact) mass is 226 g/mol. The first-order chi connectivity index (χ1) is 7.31. The molecule has 0 radical (unpaired) electrons. The Bertz CT molecular complexity index is 307. The molecule has 0 aromatic carbocycles. The first kappa shape index (κ1) is 11.0. The second-order valence-electron chi connectivity index (χ2n) is 4.09. The van der Waals surface area contributed by atoms with Gasteiger partial charge in [0.1, 0.15) is 11.1 Å². The second kappa shape index (κ2) is 5.05. The summed E-state index contributed by atoms with van der Waals surface area (Å²) in [7, 11) is 0. The Balaban J connectivity index is 2.05. The molecule has 2 heterocycles. The first-order valence-corrected chi connectivity index (χ1v) is 6.40. The lowest BCUT2D eigenvalue weighted by Gasteiger charge is -2.20. The van der Waals surface area contributed by atoms with Gasteiger partial charge in [-0.2, -0.15) is 0 Å².